The van der Waals surface area contributed by atoms with Crippen LogP contribution in [-0.4, -0.2) is 68.5 Å². The summed E-state index contributed by atoms with van der Waals surface area (Å²) in [5.41, 5.74) is 2.46. The molecule has 0 aliphatic carbocycles. The molecule has 3 aromatic carbocycles. The number of rotatable bonds is 13. The number of sulfonamides is 1. The Bertz CT molecular complexity index is 1470. The number of aliphatic hydroxyl groups is 1. The molecule has 0 saturated carbocycles. The van der Waals surface area contributed by atoms with E-state index in [1.165, 1.54) is 4.90 Å². The van der Waals surface area contributed by atoms with Gasteiger partial charge in [-0.15, -0.1) is 0 Å². The lowest BCUT2D eigenvalue weighted by Crippen LogP contribution is -2.41. The number of hydrogen-bond acceptors (Lipinski definition) is 8. The first kappa shape index (κ1) is 33.4. The van der Waals surface area contributed by atoms with Gasteiger partial charge in [-0.05, 0) is 68.1 Å². The van der Waals surface area contributed by atoms with Gasteiger partial charge in [-0.1, -0.05) is 55.5 Å². The summed E-state index contributed by atoms with van der Waals surface area (Å²) in [6, 6.07) is 21.6. The van der Waals surface area contributed by atoms with E-state index in [-0.39, 0.29) is 25.3 Å². The summed E-state index contributed by atoms with van der Waals surface area (Å²) in [4.78, 5) is 26.8. The fourth-order valence-corrected chi connectivity index (χ4v) is 4.59. The third-order valence-corrected chi connectivity index (χ3v) is 6.71. The molecule has 2 amide bonds. The lowest BCUT2D eigenvalue weighted by Gasteiger charge is -2.29. The number of hydrogen-bond donors (Lipinski definition) is 3. The SMILES string of the molecule is CCCNc1cc(-c2ccc(OCCN(C[C@H](O)c3ccccc3)C(=O)OC(C)(C)C)cc2)ccc1C(=O)NS(C)(=O)=O. The smallest absolute Gasteiger partial charge is 0.410 e. The fourth-order valence-electron chi connectivity index (χ4n) is 4.14. The van der Waals surface area contributed by atoms with Crippen molar-refractivity contribution in [2.24, 2.45) is 0 Å². The second-order valence-electron chi connectivity index (χ2n) is 11.1. The molecular weight excluding hydrogens is 570 g/mol. The second kappa shape index (κ2) is 14.9. The van der Waals surface area contributed by atoms with Crippen molar-refractivity contribution >= 4 is 27.7 Å². The summed E-state index contributed by atoms with van der Waals surface area (Å²) in [5, 5.41) is 13.9. The van der Waals surface area contributed by atoms with Crippen LogP contribution in [0.25, 0.3) is 11.1 Å². The molecule has 1 atom stereocenters. The third-order valence-electron chi connectivity index (χ3n) is 6.15. The van der Waals surface area contributed by atoms with Crippen molar-refractivity contribution in [1.29, 1.82) is 0 Å². The molecule has 3 aromatic rings. The van der Waals surface area contributed by atoms with Crippen LogP contribution in [0.15, 0.2) is 72.8 Å². The second-order valence-corrected chi connectivity index (χ2v) is 12.9. The van der Waals surface area contributed by atoms with Crippen LogP contribution in [0, 0.1) is 0 Å². The van der Waals surface area contributed by atoms with E-state index in [9.17, 15) is 23.1 Å². The van der Waals surface area contributed by atoms with Crippen molar-refractivity contribution in [2.75, 3.05) is 37.8 Å². The van der Waals surface area contributed by atoms with Gasteiger partial charge < -0.3 is 24.8 Å². The average molecular weight is 612 g/mol. The van der Waals surface area contributed by atoms with Crippen molar-refractivity contribution in [1.82, 2.24) is 9.62 Å². The molecule has 10 nitrogen and oxygen atoms in total. The molecule has 43 heavy (non-hydrogen) atoms. The summed E-state index contributed by atoms with van der Waals surface area (Å²) in [6.45, 7) is 8.38. The highest BCUT2D eigenvalue weighted by atomic mass is 32.2. The number of carbonyl (C=O) groups excluding carboxylic acids is 2. The van der Waals surface area contributed by atoms with E-state index in [1.807, 2.05) is 42.0 Å². The van der Waals surface area contributed by atoms with Gasteiger partial charge in [-0.2, -0.15) is 0 Å². The number of anilines is 1. The van der Waals surface area contributed by atoms with Gasteiger partial charge in [0.1, 0.15) is 18.0 Å². The van der Waals surface area contributed by atoms with Crippen molar-refractivity contribution < 1.29 is 32.6 Å². The lowest BCUT2D eigenvalue weighted by molar-refractivity contribution is 0.0117. The number of benzene rings is 3. The minimum absolute atomic E-state index is 0.0494. The largest absolute Gasteiger partial charge is 0.492 e. The van der Waals surface area contributed by atoms with Crippen LogP contribution in [0.4, 0.5) is 10.5 Å². The Balaban J connectivity index is 1.69. The van der Waals surface area contributed by atoms with E-state index in [0.717, 1.165) is 23.8 Å². The summed E-state index contributed by atoms with van der Waals surface area (Å²) in [6.07, 6.45) is 0.335. The summed E-state index contributed by atoms with van der Waals surface area (Å²) < 4.78 is 36.6. The van der Waals surface area contributed by atoms with Crippen molar-refractivity contribution in [3.8, 4) is 16.9 Å². The number of carbonyl (C=O) groups is 2. The summed E-state index contributed by atoms with van der Waals surface area (Å²) in [7, 11) is -3.70. The topological polar surface area (TPSA) is 134 Å². The third kappa shape index (κ3) is 10.9. The van der Waals surface area contributed by atoms with Crippen LogP contribution in [0.3, 0.4) is 0 Å². The van der Waals surface area contributed by atoms with Crippen LogP contribution < -0.4 is 14.8 Å². The van der Waals surface area contributed by atoms with E-state index in [2.05, 4.69) is 5.32 Å². The number of ether oxygens (including phenoxy) is 2. The number of nitrogens with zero attached hydrogens (tertiary/aromatic N) is 1. The van der Waals surface area contributed by atoms with Gasteiger partial charge in [0.15, 0.2) is 0 Å². The van der Waals surface area contributed by atoms with Crippen LogP contribution in [0.2, 0.25) is 0 Å². The quantitative estimate of drug-likeness (QED) is 0.240. The monoisotopic (exact) mass is 611 g/mol. The Morgan fingerprint density at radius 3 is 2.23 bits per heavy atom. The van der Waals surface area contributed by atoms with Gasteiger partial charge in [0.05, 0.1) is 31.0 Å². The van der Waals surface area contributed by atoms with E-state index < -0.39 is 33.7 Å². The zero-order valence-electron chi connectivity index (χ0n) is 25.3. The lowest BCUT2D eigenvalue weighted by atomic mass is 10.0. The first-order valence-corrected chi connectivity index (χ1v) is 16.0. The molecule has 3 N–H and O–H groups in total. The van der Waals surface area contributed by atoms with Crippen molar-refractivity contribution in [3.63, 3.8) is 0 Å². The highest BCUT2D eigenvalue weighted by Gasteiger charge is 2.25. The maximum Gasteiger partial charge on any atom is 0.410 e. The minimum atomic E-state index is -3.70. The molecule has 0 unspecified atom stereocenters. The van der Waals surface area contributed by atoms with Crippen LogP contribution in [0.1, 0.15) is 56.1 Å². The molecule has 0 heterocycles. The maximum absolute atomic E-state index is 12.9. The predicted octanol–water partition coefficient (Wildman–Crippen LogP) is 5.21. The predicted molar refractivity (Wildman–Crippen MR) is 168 cm³/mol. The number of nitrogens with one attached hydrogen (secondary N) is 2. The molecule has 0 bridgehead atoms. The van der Waals surface area contributed by atoms with Crippen molar-refractivity contribution in [2.45, 2.75) is 45.8 Å². The summed E-state index contributed by atoms with van der Waals surface area (Å²) >= 11 is 0. The van der Waals surface area contributed by atoms with E-state index in [4.69, 9.17) is 9.47 Å². The Morgan fingerprint density at radius 2 is 1.63 bits per heavy atom. The molecule has 0 spiro atoms. The van der Waals surface area contributed by atoms with E-state index in [1.54, 1.807) is 63.2 Å². The zero-order valence-corrected chi connectivity index (χ0v) is 26.1. The molecular formula is C32H41N3O7S. The molecule has 3 rings (SSSR count). The molecule has 0 fully saturated rings. The average Bonchev–Trinajstić information content (AvgIpc) is 2.94. The molecule has 232 valence electrons. The van der Waals surface area contributed by atoms with E-state index in [0.29, 0.717) is 23.5 Å². The molecule has 0 saturated heterocycles. The van der Waals surface area contributed by atoms with Crippen LogP contribution in [0.5, 0.6) is 5.75 Å². The normalized spacial score (nSPS) is 12.2. The van der Waals surface area contributed by atoms with Crippen molar-refractivity contribution in [3.05, 3.63) is 83.9 Å². The maximum atomic E-state index is 12.9. The molecule has 11 heteroatoms. The Labute approximate surface area is 254 Å². The number of aliphatic hydroxyl groups excluding tert-OH is 1. The Hall–Kier alpha value is -4.09. The van der Waals surface area contributed by atoms with Gasteiger partial charge in [0, 0.05) is 12.2 Å². The van der Waals surface area contributed by atoms with Gasteiger partial charge in [-0.3, -0.25) is 4.79 Å². The zero-order chi connectivity index (χ0) is 31.6. The Kier molecular flexibility index (Phi) is 11.6. The molecule has 0 aliphatic heterocycles. The molecule has 0 aromatic heterocycles. The minimum Gasteiger partial charge on any atom is -0.492 e. The molecule has 0 aliphatic rings. The van der Waals surface area contributed by atoms with Gasteiger partial charge in [0.2, 0.25) is 10.0 Å². The highest BCUT2D eigenvalue weighted by Crippen LogP contribution is 2.28. The first-order valence-electron chi connectivity index (χ1n) is 14.1. The van der Waals surface area contributed by atoms with Gasteiger partial charge in [0.25, 0.3) is 5.91 Å². The Morgan fingerprint density at radius 1 is 0.977 bits per heavy atom. The highest BCUT2D eigenvalue weighted by molar-refractivity contribution is 7.89. The van der Waals surface area contributed by atoms with Gasteiger partial charge >= 0.3 is 6.09 Å². The summed E-state index contributed by atoms with van der Waals surface area (Å²) in [5.74, 6) is -0.113. The fraction of sp³-hybridized carbons (Fsp3) is 0.375. The number of amides is 2. The van der Waals surface area contributed by atoms with Crippen LogP contribution in [-0.2, 0) is 14.8 Å². The molecule has 0 radical (unpaired) electrons. The standard InChI is InChI=1S/C32H41N3O7S/c1-6-18-33-28-21-25(14-17-27(28)30(37)34-43(5,39)40)23-12-15-26(16-13-23)41-20-19-35(31(38)42-32(2,3)4)22-29(36)24-10-8-7-9-11-24/h7-17,21,29,33,36H,6,18-20,22H2,1-5H3,(H,34,37)/t29-/m0/s1. The van der Waals surface area contributed by atoms with Crippen LogP contribution >= 0.6 is 0 Å². The first-order chi connectivity index (χ1) is 20.3. The van der Waals surface area contributed by atoms with E-state index >= 15 is 0 Å². The van der Waals surface area contributed by atoms with Gasteiger partial charge in [-0.25, -0.2) is 17.9 Å².